The largest absolute Gasteiger partial charge is 0.485 e. The second kappa shape index (κ2) is 6.55. The van der Waals surface area contributed by atoms with Crippen LogP contribution in [0.4, 0.5) is 0 Å². The first-order valence-electron chi connectivity index (χ1n) is 6.36. The minimum atomic E-state index is -4.26. The Morgan fingerprint density at radius 1 is 1.18 bits per heavy atom. The van der Waals surface area contributed by atoms with Crippen molar-refractivity contribution >= 4 is 22.0 Å². The molecule has 0 spiro atoms. The molecule has 0 fully saturated rings. The van der Waals surface area contributed by atoms with E-state index in [1.54, 1.807) is 24.3 Å². The quantitative estimate of drug-likeness (QED) is 0.654. The molecule has 0 saturated heterocycles. The van der Waals surface area contributed by atoms with Gasteiger partial charge in [-0.3, -0.25) is 9.35 Å². The monoisotopic (exact) mass is 318 g/mol. The lowest BCUT2D eigenvalue weighted by molar-refractivity contribution is 0.0921. The first-order chi connectivity index (χ1) is 10.4. The van der Waals surface area contributed by atoms with Crippen molar-refractivity contribution in [3.05, 3.63) is 66.2 Å². The van der Waals surface area contributed by atoms with Gasteiger partial charge in [0.2, 0.25) is 0 Å². The molecule has 0 unspecified atom stereocenters. The van der Waals surface area contributed by atoms with Gasteiger partial charge in [-0.2, -0.15) is 8.42 Å². The van der Waals surface area contributed by atoms with Crippen LogP contribution in [-0.2, 0) is 10.1 Å². The van der Waals surface area contributed by atoms with Crippen LogP contribution in [0.2, 0.25) is 0 Å². The van der Waals surface area contributed by atoms with E-state index >= 15 is 0 Å². The van der Waals surface area contributed by atoms with Crippen LogP contribution in [0.5, 0.6) is 5.75 Å². The summed E-state index contributed by atoms with van der Waals surface area (Å²) in [5, 5.41) is 0. The highest BCUT2D eigenvalue weighted by molar-refractivity contribution is 7.85. The zero-order valence-electron chi connectivity index (χ0n) is 11.6. The van der Waals surface area contributed by atoms with Crippen LogP contribution in [0.15, 0.2) is 60.0 Å². The molecule has 0 saturated carbocycles. The maximum absolute atomic E-state index is 12.0. The molecule has 0 bridgehead atoms. The van der Waals surface area contributed by atoms with Crippen molar-refractivity contribution < 1.29 is 22.5 Å². The average molecular weight is 318 g/mol. The molecular weight excluding hydrogens is 304 g/mol. The van der Waals surface area contributed by atoms with E-state index in [2.05, 4.69) is 6.58 Å². The van der Waals surface area contributed by atoms with Gasteiger partial charge in [0, 0.05) is 5.56 Å². The minimum Gasteiger partial charge on any atom is -0.485 e. The van der Waals surface area contributed by atoms with Crippen LogP contribution >= 0.6 is 0 Å². The third-order valence-electron chi connectivity index (χ3n) is 2.94. The topological polar surface area (TPSA) is 80.7 Å². The molecule has 0 radical (unpaired) electrons. The Morgan fingerprint density at radius 2 is 1.86 bits per heavy atom. The van der Waals surface area contributed by atoms with Gasteiger partial charge in [-0.1, -0.05) is 24.8 Å². The van der Waals surface area contributed by atoms with Crippen molar-refractivity contribution in [3.8, 4) is 5.75 Å². The molecule has 0 aromatic heterocycles. The number of carbonyl (C=O) groups excluding carboxylic acids is 1. The smallest absolute Gasteiger partial charge is 0.294 e. The zero-order chi connectivity index (χ0) is 16.2. The fourth-order valence-electron chi connectivity index (χ4n) is 1.78. The summed E-state index contributed by atoms with van der Waals surface area (Å²) in [4.78, 5) is 11.7. The molecular formula is C16H14O5S. The third-order valence-corrected chi connectivity index (χ3v) is 3.81. The molecule has 114 valence electrons. The molecule has 0 heterocycles. The van der Waals surface area contributed by atoms with E-state index in [-0.39, 0.29) is 17.3 Å². The van der Waals surface area contributed by atoms with Gasteiger partial charge in [0.15, 0.2) is 12.4 Å². The summed E-state index contributed by atoms with van der Waals surface area (Å²) in [5.41, 5.74) is 1.18. The Morgan fingerprint density at radius 3 is 2.45 bits per heavy atom. The Kier molecular flexibility index (Phi) is 4.75. The highest BCUT2D eigenvalue weighted by atomic mass is 32.2. The fourth-order valence-corrected chi connectivity index (χ4v) is 2.26. The number of Topliss-reactive ketones (excluding diaryl/α,β-unsaturated/α-hetero) is 1. The van der Waals surface area contributed by atoms with Crippen molar-refractivity contribution in [1.29, 1.82) is 0 Å². The number of ether oxygens (including phenoxy) is 1. The van der Waals surface area contributed by atoms with Crippen molar-refractivity contribution in [2.24, 2.45) is 0 Å². The second-order valence-corrected chi connectivity index (χ2v) is 5.91. The summed E-state index contributed by atoms with van der Waals surface area (Å²) in [5.74, 6) is 0.242. The molecule has 0 aliphatic rings. The lowest BCUT2D eigenvalue weighted by atomic mass is 10.1. The second-order valence-electron chi connectivity index (χ2n) is 4.49. The van der Waals surface area contributed by atoms with Crippen molar-refractivity contribution in [2.75, 3.05) is 6.61 Å². The standard InChI is InChI=1S/C16H14O5S/c1-2-12-4-3-5-14(10-12)21-11-16(17)13-6-8-15(9-7-13)22(18,19)20/h2-10H,1,11H2,(H,18,19,20). The lowest BCUT2D eigenvalue weighted by Gasteiger charge is -2.06. The Balaban J connectivity index is 2.04. The summed E-state index contributed by atoms with van der Waals surface area (Å²) in [6, 6.07) is 12.1. The molecule has 5 nitrogen and oxygen atoms in total. The van der Waals surface area contributed by atoms with Gasteiger partial charge >= 0.3 is 0 Å². The number of hydrogen-bond donors (Lipinski definition) is 1. The molecule has 6 heteroatoms. The van der Waals surface area contributed by atoms with Gasteiger partial charge < -0.3 is 4.74 Å². The highest BCUT2D eigenvalue weighted by Gasteiger charge is 2.12. The van der Waals surface area contributed by atoms with Gasteiger partial charge in [0.05, 0.1) is 4.90 Å². The van der Waals surface area contributed by atoms with Gasteiger partial charge in [-0.25, -0.2) is 0 Å². The van der Waals surface area contributed by atoms with Gasteiger partial charge in [0.25, 0.3) is 10.1 Å². The van der Waals surface area contributed by atoms with Crippen LogP contribution in [0.25, 0.3) is 6.08 Å². The first-order valence-corrected chi connectivity index (χ1v) is 7.80. The predicted molar refractivity (Wildman–Crippen MR) is 82.6 cm³/mol. The maximum atomic E-state index is 12.0. The zero-order valence-corrected chi connectivity index (χ0v) is 12.4. The number of benzene rings is 2. The number of ketones is 1. The molecule has 22 heavy (non-hydrogen) atoms. The van der Waals surface area contributed by atoms with Crippen LogP contribution in [-0.4, -0.2) is 25.4 Å². The Bertz CT molecular complexity index is 792. The molecule has 0 aliphatic heterocycles. The van der Waals surface area contributed by atoms with Crippen LogP contribution < -0.4 is 4.74 Å². The van der Waals surface area contributed by atoms with Crippen LogP contribution in [0.3, 0.4) is 0 Å². The molecule has 0 amide bonds. The molecule has 2 aromatic carbocycles. The van der Waals surface area contributed by atoms with Crippen LogP contribution in [0, 0.1) is 0 Å². The summed E-state index contributed by atoms with van der Waals surface area (Å²) >= 11 is 0. The SMILES string of the molecule is C=Cc1cccc(OCC(=O)c2ccc(S(=O)(=O)O)cc2)c1. The van der Waals surface area contributed by atoms with E-state index in [4.69, 9.17) is 9.29 Å². The number of carbonyl (C=O) groups is 1. The van der Waals surface area contributed by atoms with E-state index in [0.29, 0.717) is 11.3 Å². The Hall–Kier alpha value is -2.44. The van der Waals surface area contributed by atoms with E-state index in [9.17, 15) is 13.2 Å². The van der Waals surface area contributed by atoms with E-state index in [0.717, 1.165) is 5.56 Å². The number of rotatable bonds is 6. The summed E-state index contributed by atoms with van der Waals surface area (Å²) in [6.45, 7) is 3.48. The Labute approximate surface area is 128 Å². The lowest BCUT2D eigenvalue weighted by Crippen LogP contribution is -2.12. The van der Waals surface area contributed by atoms with Crippen molar-refractivity contribution in [1.82, 2.24) is 0 Å². The van der Waals surface area contributed by atoms with Gasteiger partial charge in [-0.15, -0.1) is 0 Å². The van der Waals surface area contributed by atoms with E-state index < -0.39 is 10.1 Å². The molecule has 1 N–H and O–H groups in total. The molecule has 2 aromatic rings. The fraction of sp³-hybridized carbons (Fsp3) is 0.0625. The first kappa shape index (κ1) is 15.9. The molecule has 0 atom stereocenters. The summed E-state index contributed by atoms with van der Waals surface area (Å²) < 4.78 is 36.1. The van der Waals surface area contributed by atoms with Crippen LogP contribution in [0.1, 0.15) is 15.9 Å². The van der Waals surface area contributed by atoms with E-state index in [1.165, 1.54) is 24.3 Å². The minimum absolute atomic E-state index is 0.175. The van der Waals surface area contributed by atoms with E-state index in [1.807, 2.05) is 6.07 Å². The van der Waals surface area contributed by atoms with Gasteiger partial charge in [-0.05, 0) is 42.0 Å². The normalized spacial score (nSPS) is 11.0. The van der Waals surface area contributed by atoms with Gasteiger partial charge in [0.1, 0.15) is 5.75 Å². The number of hydrogen-bond acceptors (Lipinski definition) is 4. The molecule has 0 aliphatic carbocycles. The summed E-state index contributed by atoms with van der Waals surface area (Å²) in [6.07, 6.45) is 1.67. The molecule has 2 rings (SSSR count). The predicted octanol–water partition coefficient (Wildman–Crippen LogP) is 2.84. The maximum Gasteiger partial charge on any atom is 0.294 e. The highest BCUT2D eigenvalue weighted by Crippen LogP contribution is 2.15. The average Bonchev–Trinajstić information content (AvgIpc) is 2.52. The van der Waals surface area contributed by atoms with Crippen molar-refractivity contribution in [2.45, 2.75) is 4.90 Å². The van der Waals surface area contributed by atoms with Crippen molar-refractivity contribution in [3.63, 3.8) is 0 Å². The third kappa shape index (κ3) is 4.03. The summed E-state index contributed by atoms with van der Waals surface area (Å²) in [7, 11) is -4.26.